The van der Waals surface area contributed by atoms with E-state index in [1.165, 1.54) is 0 Å². The number of benzene rings is 1. The van der Waals surface area contributed by atoms with E-state index in [1.54, 1.807) is 29.2 Å². The van der Waals surface area contributed by atoms with Crippen LogP contribution in [0.1, 0.15) is 39.0 Å². The van der Waals surface area contributed by atoms with Crippen LogP contribution in [-0.4, -0.2) is 58.8 Å². The van der Waals surface area contributed by atoms with Gasteiger partial charge in [-0.1, -0.05) is 0 Å². The van der Waals surface area contributed by atoms with Crippen molar-refractivity contribution in [3.63, 3.8) is 0 Å². The number of ether oxygens (including phenoxy) is 1. The zero-order chi connectivity index (χ0) is 19.4. The highest BCUT2D eigenvalue weighted by atomic mass is 16.5. The average Bonchev–Trinajstić information content (AvgIpc) is 2.98. The fraction of sp³-hybridized carbons (Fsp3) is 0.450. The minimum absolute atomic E-state index is 0.0249. The molecule has 1 aromatic carbocycles. The summed E-state index contributed by atoms with van der Waals surface area (Å²) < 4.78 is 7.16. The number of hydrogen-bond donors (Lipinski definition) is 1. The summed E-state index contributed by atoms with van der Waals surface area (Å²) >= 11 is 0. The summed E-state index contributed by atoms with van der Waals surface area (Å²) in [7, 11) is 0. The minimum atomic E-state index is -0.158. The van der Waals surface area contributed by atoms with Crippen molar-refractivity contribution in [1.82, 2.24) is 20.0 Å². The predicted molar refractivity (Wildman–Crippen MR) is 102 cm³/mol. The Morgan fingerprint density at radius 3 is 2.37 bits per heavy atom. The van der Waals surface area contributed by atoms with Gasteiger partial charge in [0.1, 0.15) is 0 Å². The molecule has 0 radical (unpaired) electrons. The van der Waals surface area contributed by atoms with Gasteiger partial charge in [0.2, 0.25) is 0 Å². The van der Waals surface area contributed by atoms with Gasteiger partial charge in [0.15, 0.2) is 0 Å². The fourth-order valence-corrected chi connectivity index (χ4v) is 3.19. The first-order chi connectivity index (χ1) is 12.9. The first kappa shape index (κ1) is 19.1. The van der Waals surface area contributed by atoms with Gasteiger partial charge in [0.05, 0.1) is 25.5 Å². The van der Waals surface area contributed by atoms with Crippen LogP contribution >= 0.6 is 0 Å². The highest BCUT2D eigenvalue weighted by Crippen LogP contribution is 2.10. The summed E-state index contributed by atoms with van der Waals surface area (Å²) in [6.45, 7) is 8.85. The van der Waals surface area contributed by atoms with Gasteiger partial charge in [-0.2, -0.15) is 5.10 Å². The molecule has 2 amide bonds. The van der Waals surface area contributed by atoms with Crippen molar-refractivity contribution in [3.05, 3.63) is 52.8 Å². The smallest absolute Gasteiger partial charge is 0.254 e. The Kier molecular flexibility index (Phi) is 5.91. The number of amides is 2. The zero-order valence-electron chi connectivity index (χ0n) is 16.1. The summed E-state index contributed by atoms with van der Waals surface area (Å²) in [5, 5.41) is 7.40. The number of hydrogen-bond acceptors (Lipinski definition) is 4. The monoisotopic (exact) mass is 370 g/mol. The summed E-state index contributed by atoms with van der Waals surface area (Å²) in [6.07, 6.45) is 0. The number of nitrogens with one attached hydrogen (secondary N) is 1. The molecule has 0 saturated carbocycles. The van der Waals surface area contributed by atoms with Crippen molar-refractivity contribution in [3.8, 4) is 0 Å². The van der Waals surface area contributed by atoms with E-state index < -0.39 is 0 Å². The lowest BCUT2D eigenvalue weighted by atomic mass is 10.1. The van der Waals surface area contributed by atoms with Gasteiger partial charge in [-0.3, -0.25) is 14.3 Å². The number of aryl methyl sites for hydroxylation is 2. The number of carbonyl (C=O) groups is 2. The van der Waals surface area contributed by atoms with Crippen LogP contribution in [0.5, 0.6) is 0 Å². The van der Waals surface area contributed by atoms with E-state index in [4.69, 9.17) is 4.74 Å². The van der Waals surface area contributed by atoms with E-state index in [2.05, 4.69) is 10.4 Å². The molecule has 0 spiro atoms. The van der Waals surface area contributed by atoms with Crippen LogP contribution in [-0.2, 0) is 11.3 Å². The number of nitrogens with zero attached hydrogens (tertiary/aromatic N) is 3. The summed E-state index contributed by atoms with van der Waals surface area (Å²) in [5.74, 6) is -0.183. The first-order valence-corrected chi connectivity index (χ1v) is 9.23. The van der Waals surface area contributed by atoms with Crippen LogP contribution in [0.25, 0.3) is 0 Å². The molecule has 7 nitrogen and oxygen atoms in total. The lowest BCUT2D eigenvalue weighted by Crippen LogP contribution is -2.40. The topological polar surface area (TPSA) is 76.5 Å². The quantitative estimate of drug-likeness (QED) is 0.871. The Morgan fingerprint density at radius 2 is 1.78 bits per heavy atom. The van der Waals surface area contributed by atoms with E-state index in [9.17, 15) is 9.59 Å². The molecule has 0 unspecified atom stereocenters. The van der Waals surface area contributed by atoms with Crippen LogP contribution in [0.4, 0.5) is 0 Å². The lowest BCUT2D eigenvalue weighted by Gasteiger charge is -2.26. The molecule has 2 heterocycles. The Bertz CT molecular complexity index is 807. The normalized spacial score (nSPS) is 15.4. The summed E-state index contributed by atoms with van der Waals surface area (Å²) in [5.41, 5.74) is 3.16. The van der Waals surface area contributed by atoms with Crippen LogP contribution in [0.3, 0.4) is 0 Å². The second kappa shape index (κ2) is 8.35. The van der Waals surface area contributed by atoms with Crippen LogP contribution in [0.15, 0.2) is 30.3 Å². The Hall–Kier alpha value is -2.67. The third kappa shape index (κ3) is 4.74. The Labute approximate surface area is 159 Å². The van der Waals surface area contributed by atoms with Crippen LogP contribution < -0.4 is 5.32 Å². The molecule has 2 aromatic rings. The molecule has 0 aliphatic carbocycles. The molecule has 1 atom stereocenters. The zero-order valence-corrected chi connectivity index (χ0v) is 16.1. The third-order valence-electron chi connectivity index (χ3n) is 4.62. The molecule has 0 bridgehead atoms. The largest absolute Gasteiger partial charge is 0.378 e. The van der Waals surface area contributed by atoms with Crippen LogP contribution in [0, 0.1) is 13.8 Å². The molecule has 1 N–H and O–H groups in total. The molecule has 1 fully saturated rings. The van der Waals surface area contributed by atoms with Gasteiger partial charge in [-0.15, -0.1) is 0 Å². The van der Waals surface area contributed by atoms with Gasteiger partial charge in [0.25, 0.3) is 11.8 Å². The van der Waals surface area contributed by atoms with Crippen LogP contribution in [0.2, 0.25) is 0 Å². The molecule has 7 heteroatoms. The second-order valence-electron chi connectivity index (χ2n) is 6.97. The lowest BCUT2D eigenvalue weighted by molar-refractivity contribution is 0.0303. The van der Waals surface area contributed by atoms with Crippen molar-refractivity contribution in [1.29, 1.82) is 0 Å². The number of morpholine rings is 1. The van der Waals surface area contributed by atoms with Gasteiger partial charge in [-0.25, -0.2) is 0 Å². The third-order valence-corrected chi connectivity index (χ3v) is 4.62. The maximum atomic E-state index is 12.5. The van der Waals surface area contributed by atoms with Gasteiger partial charge in [0, 0.05) is 36.0 Å². The van der Waals surface area contributed by atoms with Crippen molar-refractivity contribution >= 4 is 11.8 Å². The summed E-state index contributed by atoms with van der Waals surface area (Å²) in [4.78, 5) is 26.7. The van der Waals surface area contributed by atoms with Crippen molar-refractivity contribution in [2.45, 2.75) is 33.4 Å². The van der Waals surface area contributed by atoms with E-state index in [-0.39, 0.29) is 17.9 Å². The highest BCUT2D eigenvalue weighted by Gasteiger charge is 2.19. The van der Waals surface area contributed by atoms with E-state index in [0.717, 1.165) is 11.4 Å². The molecule has 1 aromatic heterocycles. The highest BCUT2D eigenvalue weighted by molar-refractivity contribution is 5.97. The number of aromatic nitrogens is 2. The Balaban J connectivity index is 1.58. The number of carbonyl (C=O) groups excluding carboxylic acids is 2. The second-order valence-corrected chi connectivity index (χ2v) is 6.97. The molecular weight excluding hydrogens is 344 g/mol. The molecule has 1 aliphatic heterocycles. The standard InChI is InChI=1S/C20H26N4O3/c1-14-12-16(3)24(22-14)13-15(2)21-19(25)17-4-6-18(7-5-17)20(26)23-8-10-27-11-9-23/h4-7,12,15H,8-11,13H2,1-3H3,(H,21,25)/t15-/m1/s1. The van der Waals surface area contributed by atoms with E-state index in [1.807, 2.05) is 31.5 Å². The molecule has 144 valence electrons. The van der Waals surface area contributed by atoms with E-state index >= 15 is 0 Å². The van der Waals surface area contributed by atoms with E-state index in [0.29, 0.717) is 44.0 Å². The molecular formula is C20H26N4O3. The van der Waals surface area contributed by atoms with Crippen molar-refractivity contribution < 1.29 is 14.3 Å². The summed E-state index contributed by atoms with van der Waals surface area (Å²) in [6, 6.07) is 8.75. The van der Waals surface area contributed by atoms with Gasteiger partial charge in [-0.05, 0) is 51.1 Å². The molecule has 3 rings (SSSR count). The van der Waals surface area contributed by atoms with Crippen molar-refractivity contribution in [2.75, 3.05) is 26.3 Å². The van der Waals surface area contributed by atoms with Gasteiger partial charge >= 0.3 is 0 Å². The SMILES string of the molecule is Cc1cc(C)n(C[C@@H](C)NC(=O)c2ccc(C(=O)N3CCOCC3)cc2)n1. The number of rotatable bonds is 5. The minimum Gasteiger partial charge on any atom is -0.378 e. The van der Waals surface area contributed by atoms with Gasteiger partial charge < -0.3 is 15.0 Å². The maximum absolute atomic E-state index is 12.5. The fourth-order valence-electron chi connectivity index (χ4n) is 3.19. The Morgan fingerprint density at radius 1 is 1.15 bits per heavy atom. The van der Waals surface area contributed by atoms with Crippen molar-refractivity contribution in [2.24, 2.45) is 0 Å². The molecule has 1 saturated heterocycles. The first-order valence-electron chi connectivity index (χ1n) is 9.23. The molecule has 1 aliphatic rings. The predicted octanol–water partition coefficient (Wildman–Crippen LogP) is 1.79. The average molecular weight is 370 g/mol. The molecule has 27 heavy (non-hydrogen) atoms. The maximum Gasteiger partial charge on any atom is 0.254 e.